The summed E-state index contributed by atoms with van der Waals surface area (Å²) in [7, 11) is 1.96. The average Bonchev–Trinajstić information content (AvgIpc) is 2.71. The Morgan fingerprint density at radius 2 is 1.89 bits per heavy atom. The van der Waals surface area contributed by atoms with Gasteiger partial charge in [0.05, 0.1) is 12.3 Å². The summed E-state index contributed by atoms with van der Waals surface area (Å²) in [6, 6.07) is 0. The van der Waals surface area contributed by atoms with Gasteiger partial charge < -0.3 is 18.0 Å². The van der Waals surface area contributed by atoms with Crippen LogP contribution < -0.4 is 0 Å². The second-order valence-electron chi connectivity index (χ2n) is 4.36. The van der Waals surface area contributed by atoms with Crippen LogP contribution >= 0.6 is 0 Å². The van der Waals surface area contributed by atoms with E-state index in [0.717, 1.165) is 0 Å². The first-order valence-electron chi connectivity index (χ1n) is 6.05. The van der Waals surface area contributed by atoms with E-state index >= 15 is 0 Å². The Balaban J connectivity index is 2.56. The molecule has 0 aromatic carbocycles. The molecule has 1 fully saturated rings. The van der Waals surface area contributed by atoms with Crippen LogP contribution in [0, 0.1) is 5.92 Å². The molecule has 19 heavy (non-hydrogen) atoms. The summed E-state index contributed by atoms with van der Waals surface area (Å²) in [4.78, 5) is 22.2. The summed E-state index contributed by atoms with van der Waals surface area (Å²) in [5.41, 5.74) is -0.0411. The highest BCUT2D eigenvalue weighted by Crippen LogP contribution is 2.26. The molecule has 0 amide bonds. The van der Waals surface area contributed by atoms with Crippen LogP contribution in [0.1, 0.15) is 19.8 Å². The van der Waals surface area contributed by atoms with Crippen LogP contribution in [0.25, 0.3) is 0 Å². The first kappa shape index (κ1) is 16.0. The molecule has 0 aliphatic carbocycles. The Bertz CT molecular complexity index is 355. The summed E-state index contributed by atoms with van der Waals surface area (Å²) >= 11 is 0. The Morgan fingerprint density at radius 1 is 1.32 bits per heavy atom. The standard InChI is InChI=1S/C12H20O6Si/c1-9(19(15-2,16-3)17-4)6-5-7-10-8-11(13)18-12(10)14/h5-6,9-10H,7-8H2,1-4H3/b6-5+. The van der Waals surface area contributed by atoms with E-state index in [2.05, 4.69) is 4.74 Å². The average molecular weight is 288 g/mol. The molecule has 1 aliphatic heterocycles. The fourth-order valence-corrected chi connectivity index (χ4v) is 4.06. The van der Waals surface area contributed by atoms with Gasteiger partial charge in [0.2, 0.25) is 0 Å². The molecule has 0 aromatic heterocycles. The van der Waals surface area contributed by atoms with Crippen LogP contribution in [0.15, 0.2) is 12.2 Å². The second-order valence-corrected chi connectivity index (χ2v) is 7.71. The number of carbonyl (C=O) groups excluding carboxylic acids is 2. The normalized spacial score (nSPS) is 22.0. The number of rotatable bonds is 7. The van der Waals surface area contributed by atoms with Crippen LogP contribution in [0.4, 0.5) is 0 Å². The van der Waals surface area contributed by atoms with Crippen molar-refractivity contribution in [2.75, 3.05) is 21.3 Å². The fraction of sp³-hybridized carbons (Fsp3) is 0.667. The van der Waals surface area contributed by atoms with Crippen LogP contribution in [0.2, 0.25) is 5.54 Å². The van der Waals surface area contributed by atoms with Gasteiger partial charge in [0.25, 0.3) is 0 Å². The van der Waals surface area contributed by atoms with E-state index in [-0.39, 0.29) is 17.9 Å². The third-order valence-corrected chi connectivity index (χ3v) is 6.23. The zero-order valence-corrected chi connectivity index (χ0v) is 12.7. The third-order valence-electron chi connectivity index (χ3n) is 3.22. The summed E-state index contributed by atoms with van der Waals surface area (Å²) in [5.74, 6) is -1.28. The molecule has 2 atom stereocenters. The van der Waals surface area contributed by atoms with Crippen molar-refractivity contribution >= 4 is 20.7 Å². The molecule has 7 heteroatoms. The van der Waals surface area contributed by atoms with Crippen molar-refractivity contribution in [2.24, 2.45) is 5.92 Å². The maximum absolute atomic E-state index is 11.3. The number of hydrogen-bond acceptors (Lipinski definition) is 6. The molecule has 0 saturated carbocycles. The smallest absolute Gasteiger partial charge is 0.393 e. The number of esters is 2. The minimum absolute atomic E-state index is 0.0411. The molecule has 2 unspecified atom stereocenters. The first-order valence-corrected chi connectivity index (χ1v) is 7.86. The largest absolute Gasteiger partial charge is 0.507 e. The van der Waals surface area contributed by atoms with Crippen molar-refractivity contribution in [3.8, 4) is 0 Å². The molecule has 0 N–H and O–H groups in total. The van der Waals surface area contributed by atoms with Crippen molar-refractivity contribution in [3.05, 3.63) is 12.2 Å². The fourth-order valence-electron chi connectivity index (χ4n) is 2.07. The number of cyclic esters (lactones) is 2. The Morgan fingerprint density at radius 3 is 2.32 bits per heavy atom. The minimum Gasteiger partial charge on any atom is -0.393 e. The van der Waals surface area contributed by atoms with Gasteiger partial charge in [0, 0.05) is 26.9 Å². The summed E-state index contributed by atoms with van der Waals surface area (Å²) < 4.78 is 20.6. The highest BCUT2D eigenvalue weighted by atomic mass is 28.4. The summed E-state index contributed by atoms with van der Waals surface area (Å²) in [6.07, 6.45) is 4.35. The number of hydrogen-bond donors (Lipinski definition) is 0. The second kappa shape index (κ2) is 6.95. The van der Waals surface area contributed by atoms with E-state index in [0.29, 0.717) is 6.42 Å². The highest BCUT2D eigenvalue weighted by molar-refractivity contribution is 6.62. The molecule has 1 heterocycles. The SMILES string of the molecule is CO[Si](OC)(OC)C(C)/C=C/CC1CC(=O)OC1=O. The molecule has 1 saturated heterocycles. The van der Waals surface area contributed by atoms with Gasteiger partial charge in [-0.15, -0.1) is 0 Å². The summed E-state index contributed by atoms with van der Waals surface area (Å²) in [5, 5.41) is 0. The molecule has 0 radical (unpaired) electrons. The van der Waals surface area contributed by atoms with Crippen LogP contribution in [0.5, 0.6) is 0 Å². The van der Waals surface area contributed by atoms with Gasteiger partial charge in [-0.2, -0.15) is 0 Å². The first-order chi connectivity index (χ1) is 8.99. The Kier molecular flexibility index (Phi) is 5.86. The number of ether oxygens (including phenoxy) is 1. The zero-order valence-electron chi connectivity index (χ0n) is 11.7. The maximum Gasteiger partial charge on any atom is 0.507 e. The van der Waals surface area contributed by atoms with Crippen molar-refractivity contribution in [1.29, 1.82) is 0 Å². The molecule has 108 valence electrons. The van der Waals surface area contributed by atoms with Crippen LogP contribution in [-0.2, 0) is 27.6 Å². The highest BCUT2D eigenvalue weighted by Gasteiger charge is 2.43. The van der Waals surface area contributed by atoms with E-state index < -0.39 is 20.7 Å². The molecular weight excluding hydrogens is 268 g/mol. The van der Waals surface area contributed by atoms with Crippen molar-refractivity contribution in [1.82, 2.24) is 0 Å². The lowest BCUT2D eigenvalue weighted by atomic mass is 10.0. The number of carbonyl (C=O) groups is 2. The van der Waals surface area contributed by atoms with Gasteiger partial charge in [0.1, 0.15) is 0 Å². The van der Waals surface area contributed by atoms with Crippen molar-refractivity contribution in [2.45, 2.75) is 25.3 Å². The molecule has 0 aromatic rings. The zero-order chi connectivity index (χ0) is 14.5. The lowest BCUT2D eigenvalue weighted by molar-refractivity contribution is -0.153. The quantitative estimate of drug-likeness (QED) is 0.304. The Hall–Kier alpha value is -1.02. The van der Waals surface area contributed by atoms with Gasteiger partial charge >= 0.3 is 20.7 Å². The Labute approximate surface area is 114 Å². The van der Waals surface area contributed by atoms with E-state index in [1.807, 2.05) is 19.1 Å². The van der Waals surface area contributed by atoms with Crippen LogP contribution in [0.3, 0.4) is 0 Å². The molecule has 1 aliphatic rings. The van der Waals surface area contributed by atoms with Crippen molar-refractivity contribution < 1.29 is 27.6 Å². The molecule has 6 nitrogen and oxygen atoms in total. The van der Waals surface area contributed by atoms with E-state index in [1.165, 1.54) is 0 Å². The molecule has 0 bridgehead atoms. The van der Waals surface area contributed by atoms with Crippen molar-refractivity contribution in [3.63, 3.8) is 0 Å². The minimum atomic E-state index is -2.70. The maximum atomic E-state index is 11.3. The topological polar surface area (TPSA) is 71.1 Å². The predicted octanol–water partition coefficient (Wildman–Crippen LogP) is 1.29. The molecular formula is C12H20O6Si. The van der Waals surface area contributed by atoms with E-state index in [9.17, 15) is 9.59 Å². The molecule has 0 spiro atoms. The van der Waals surface area contributed by atoms with E-state index in [1.54, 1.807) is 21.3 Å². The van der Waals surface area contributed by atoms with Gasteiger partial charge in [-0.3, -0.25) is 9.59 Å². The lowest BCUT2D eigenvalue weighted by Crippen LogP contribution is -2.46. The van der Waals surface area contributed by atoms with Gasteiger partial charge in [-0.05, 0) is 6.42 Å². The van der Waals surface area contributed by atoms with Crippen LogP contribution in [-0.4, -0.2) is 42.1 Å². The predicted molar refractivity (Wildman–Crippen MR) is 69.2 cm³/mol. The van der Waals surface area contributed by atoms with E-state index in [4.69, 9.17) is 13.3 Å². The third kappa shape index (κ3) is 3.72. The van der Waals surface area contributed by atoms with Gasteiger partial charge in [-0.1, -0.05) is 19.1 Å². The molecule has 1 rings (SSSR count). The van der Waals surface area contributed by atoms with Gasteiger partial charge in [0.15, 0.2) is 0 Å². The summed E-state index contributed by atoms with van der Waals surface area (Å²) in [6.45, 7) is 1.93. The number of allylic oxidation sites excluding steroid dienone is 2. The monoisotopic (exact) mass is 288 g/mol. The van der Waals surface area contributed by atoms with Gasteiger partial charge in [-0.25, -0.2) is 0 Å². The lowest BCUT2D eigenvalue weighted by Gasteiger charge is -2.28.